The second kappa shape index (κ2) is 11.0. The minimum atomic E-state index is 0.0138. The number of guanidine groups is 1. The van der Waals surface area contributed by atoms with E-state index in [2.05, 4.69) is 58.7 Å². The Labute approximate surface area is 186 Å². The zero-order chi connectivity index (χ0) is 22.1. The van der Waals surface area contributed by atoms with Crippen LogP contribution in [0.2, 0.25) is 0 Å². The lowest BCUT2D eigenvalue weighted by molar-refractivity contribution is 0.0512. The highest BCUT2D eigenvalue weighted by Gasteiger charge is 2.35. The lowest BCUT2D eigenvalue weighted by atomic mass is 9.74. The molecule has 0 amide bonds. The van der Waals surface area contributed by atoms with E-state index in [9.17, 15) is 0 Å². The van der Waals surface area contributed by atoms with Crippen LogP contribution in [-0.2, 0) is 16.7 Å². The molecule has 1 heterocycles. The van der Waals surface area contributed by atoms with Crippen LogP contribution < -0.4 is 14.8 Å². The highest BCUT2D eigenvalue weighted by molar-refractivity contribution is 5.79. The van der Waals surface area contributed by atoms with E-state index in [1.807, 2.05) is 26.1 Å². The summed E-state index contributed by atoms with van der Waals surface area (Å²) in [4.78, 5) is 6.67. The zero-order valence-electron chi connectivity index (χ0n) is 19.2. The fraction of sp³-hybridized carbons (Fsp3) is 0.480. The van der Waals surface area contributed by atoms with E-state index in [0.717, 1.165) is 56.6 Å². The van der Waals surface area contributed by atoms with Crippen LogP contribution in [0.4, 0.5) is 0 Å². The number of nitrogens with one attached hydrogen (secondary N) is 1. The molecule has 0 aromatic heterocycles. The summed E-state index contributed by atoms with van der Waals surface area (Å²) in [5.41, 5.74) is 2.54. The van der Waals surface area contributed by atoms with Gasteiger partial charge in [0.15, 0.2) is 5.96 Å². The molecule has 0 bridgehead atoms. The van der Waals surface area contributed by atoms with Crippen molar-refractivity contribution in [1.82, 2.24) is 10.2 Å². The number of hydrogen-bond donors (Lipinski definition) is 1. The standard InChI is InChI=1S/C25H35N3O3/c1-5-31-23-12-8-21(9-13-23)25(14-16-30-17-15-25)19-27-24(26-2)28(3)18-20-6-10-22(29-4)11-7-20/h6-13H,5,14-19H2,1-4H3,(H,26,27). The molecule has 0 spiro atoms. The third-order valence-corrected chi connectivity index (χ3v) is 5.96. The van der Waals surface area contributed by atoms with Crippen LogP contribution in [0, 0.1) is 0 Å². The first kappa shape index (κ1) is 22.9. The second-order valence-corrected chi connectivity index (χ2v) is 7.95. The molecule has 0 saturated carbocycles. The average Bonchev–Trinajstić information content (AvgIpc) is 2.81. The van der Waals surface area contributed by atoms with Gasteiger partial charge in [0.2, 0.25) is 0 Å². The Balaban J connectivity index is 1.68. The molecule has 168 valence electrons. The Morgan fingerprint density at radius 1 is 1.06 bits per heavy atom. The van der Waals surface area contributed by atoms with Gasteiger partial charge in [-0.15, -0.1) is 0 Å². The van der Waals surface area contributed by atoms with Crippen molar-refractivity contribution in [3.8, 4) is 11.5 Å². The molecule has 1 fully saturated rings. The SMILES string of the molecule is CCOc1ccc(C2(CNC(=NC)N(C)Cc3ccc(OC)cc3)CCOCC2)cc1. The molecule has 0 aliphatic carbocycles. The van der Waals surface area contributed by atoms with E-state index >= 15 is 0 Å². The minimum absolute atomic E-state index is 0.0138. The number of benzene rings is 2. The van der Waals surface area contributed by atoms with Crippen LogP contribution >= 0.6 is 0 Å². The number of ether oxygens (including phenoxy) is 3. The van der Waals surface area contributed by atoms with Gasteiger partial charge in [0.25, 0.3) is 0 Å². The second-order valence-electron chi connectivity index (χ2n) is 7.95. The van der Waals surface area contributed by atoms with Crippen molar-refractivity contribution in [3.05, 3.63) is 59.7 Å². The average molecular weight is 426 g/mol. The number of methoxy groups -OCH3 is 1. The van der Waals surface area contributed by atoms with Gasteiger partial charge in [-0.3, -0.25) is 4.99 Å². The van der Waals surface area contributed by atoms with E-state index in [1.54, 1.807) is 7.11 Å². The third kappa shape index (κ3) is 5.91. The van der Waals surface area contributed by atoms with E-state index in [4.69, 9.17) is 14.2 Å². The number of rotatable bonds is 8. The van der Waals surface area contributed by atoms with Gasteiger partial charge in [0.05, 0.1) is 13.7 Å². The van der Waals surface area contributed by atoms with Gasteiger partial charge in [-0.05, 0) is 55.2 Å². The topological polar surface area (TPSA) is 55.3 Å². The quantitative estimate of drug-likeness (QED) is 0.514. The molecule has 1 aliphatic heterocycles. The monoisotopic (exact) mass is 425 g/mol. The zero-order valence-corrected chi connectivity index (χ0v) is 19.2. The van der Waals surface area contributed by atoms with Gasteiger partial charge in [0.1, 0.15) is 11.5 Å². The molecule has 6 nitrogen and oxygen atoms in total. The van der Waals surface area contributed by atoms with Gasteiger partial charge < -0.3 is 24.4 Å². The minimum Gasteiger partial charge on any atom is -0.497 e. The smallest absolute Gasteiger partial charge is 0.193 e. The molecule has 0 unspecified atom stereocenters. The van der Waals surface area contributed by atoms with Crippen LogP contribution in [0.15, 0.2) is 53.5 Å². The molecule has 0 atom stereocenters. The van der Waals surface area contributed by atoms with Crippen molar-refractivity contribution < 1.29 is 14.2 Å². The fourth-order valence-corrected chi connectivity index (χ4v) is 4.11. The summed E-state index contributed by atoms with van der Waals surface area (Å²) < 4.78 is 16.6. The van der Waals surface area contributed by atoms with Gasteiger partial charge >= 0.3 is 0 Å². The maximum atomic E-state index is 5.68. The predicted octanol–water partition coefficient (Wildman–Crippen LogP) is 3.85. The van der Waals surface area contributed by atoms with Crippen molar-refractivity contribution in [2.75, 3.05) is 47.6 Å². The molecule has 1 N–H and O–H groups in total. The van der Waals surface area contributed by atoms with Crippen molar-refractivity contribution in [1.29, 1.82) is 0 Å². The molecule has 1 aliphatic rings. The Morgan fingerprint density at radius 2 is 1.71 bits per heavy atom. The summed E-state index contributed by atoms with van der Waals surface area (Å²) in [6.45, 7) is 5.81. The van der Waals surface area contributed by atoms with Gasteiger partial charge in [0, 0.05) is 45.8 Å². The fourth-order valence-electron chi connectivity index (χ4n) is 4.11. The number of hydrogen-bond acceptors (Lipinski definition) is 4. The van der Waals surface area contributed by atoms with Crippen molar-refractivity contribution in [3.63, 3.8) is 0 Å². The molecule has 2 aromatic carbocycles. The van der Waals surface area contributed by atoms with E-state index in [-0.39, 0.29) is 5.41 Å². The normalized spacial score (nSPS) is 15.9. The summed E-state index contributed by atoms with van der Waals surface area (Å²) in [5, 5.41) is 3.63. The summed E-state index contributed by atoms with van der Waals surface area (Å²) >= 11 is 0. The molecule has 1 saturated heterocycles. The van der Waals surface area contributed by atoms with Crippen molar-refractivity contribution in [2.24, 2.45) is 4.99 Å². The molecule has 2 aromatic rings. The van der Waals surface area contributed by atoms with E-state index in [1.165, 1.54) is 11.1 Å². The molecule has 31 heavy (non-hydrogen) atoms. The lowest BCUT2D eigenvalue weighted by Crippen LogP contribution is -2.48. The molecule has 3 rings (SSSR count). The highest BCUT2D eigenvalue weighted by atomic mass is 16.5. The van der Waals surface area contributed by atoms with Crippen LogP contribution in [0.25, 0.3) is 0 Å². The number of nitrogens with zero attached hydrogens (tertiary/aromatic N) is 2. The van der Waals surface area contributed by atoms with E-state index < -0.39 is 0 Å². The summed E-state index contributed by atoms with van der Waals surface area (Å²) in [5.74, 6) is 2.66. The van der Waals surface area contributed by atoms with Crippen LogP contribution in [0.5, 0.6) is 11.5 Å². The number of aliphatic imine (C=N–C) groups is 1. The molecule has 0 radical (unpaired) electrons. The van der Waals surface area contributed by atoms with Crippen LogP contribution in [0.3, 0.4) is 0 Å². The third-order valence-electron chi connectivity index (χ3n) is 5.96. The van der Waals surface area contributed by atoms with E-state index in [0.29, 0.717) is 6.61 Å². The van der Waals surface area contributed by atoms with Gasteiger partial charge in [-0.25, -0.2) is 0 Å². The van der Waals surface area contributed by atoms with Crippen LogP contribution in [-0.4, -0.2) is 58.4 Å². The van der Waals surface area contributed by atoms with Crippen molar-refractivity contribution in [2.45, 2.75) is 31.7 Å². The first-order chi connectivity index (χ1) is 15.1. The van der Waals surface area contributed by atoms with Crippen molar-refractivity contribution >= 4 is 5.96 Å². The predicted molar refractivity (Wildman–Crippen MR) is 125 cm³/mol. The summed E-state index contributed by atoms with van der Waals surface area (Å²) in [7, 11) is 5.58. The Hall–Kier alpha value is -2.73. The largest absolute Gasteiger partial charge is 0.497 e. The summed E-state index contributed by atoms with van der Waals surface area (Å²) in [6.07, 6.45) is 1.96. The highest BCUT2D eigenvalue weighted by Crippen LogP contribution is 2.35. The van der Waals surface area contributed by atoms with Gasteiger partial charge in [-0.1, -0.05) is 24.3 Å². The first-order valence-corrected chi connectivity index (χ1v) is 11.0. The molecular weight excluding hydrogens is 390 g/mol. The molecular formula is C25H35N3O3. The lowest BCUT2D eigenvalue weighted by Gasteiger charge is -2.39. The first-order valence-electron chi connectivity index (χ1n) is 11.0. The van der Waals surface area contributed by atoms with Gasteiger partial charge in [-0.2, -0.15) is 0 Å². The Kier molecular flexibility index (Phi) is 8.18. The maximum Gasteiger partial charge on any atom is 0.193 e. The summed E-state index contributed by atoms with van der Waals surface area (Å²) in [6, 6.07) is 16.7. The molecule has 6 heteroatoms. The maximum absolute atomic E-state index is 5.68. The van der Waals surface area contributed by atoms with Crippen LogP contribution in [0.1, 0.15) is 30.9 Å². The Bertz CT molecular complexity index is 828. The Morgan fingerprint density at radius 3 is 2.29 bits per heavy atom.